The molecule has 0 unspecified atom stereocenters. The highest BCUT2D eigenvalue weighted by molar-refractivity contribution is 5.99. The van der Waals surface area contributed by atoms with Crippen molar-refractivity contribution in [3.05, 3.63) is 0 Å². The number of nitrogens with one attached hydrogen (secondary N) is 1. The summed E-state index contributed by atoms with van der Waals surface area (Å²) in [6.45, 7) is 7.45. The lowest BCUT2D eigenvalue weighted by atomic mass is 9.96. The number of guanidine groups is 1. The van der Waals surface area contributed by atoms with Crippen molar-refractivity contribution in [3.63, 3.8) is 0 Å². The van der Waals surface area contributed by atoms with Gasteiger partial charge in [-0.05, 0) is 6.42 Å². The first-order valence-corrected chi connectivity index (χ1v) is 4.98. The molecule has 0 aliphatic carbocycles. The first-order valence-electron chi connectivity index (χ1n) is 4.98. The number of hydrogen-bond acceptors (Lipinski definition) is 3. The summed E-state index contributed by atoms with van der Waals surface area (Å²) in [6.07, 6.45) is 1.06. The minimum atomic E-state index is -0.360. The van der Waals surface area contributed by atoms with E-state index in [1.807, 2.05) is 32.7 Å². The standard InChI is InChI=1S/C10H19N3O.ClH/c1-10(2,3)8(14)12-9-11-6-5-7-13(9)4;/h5-7H2,1-4H3,(H,11,12,14);1H. The molecule has 1 aliphatic rings. The Hall–Kier alpha value is -0.770. The van der Waals surface area contributed by atoms with Gasteiger partial charge in [0.05, 0.1) is 0 Å². The van der Waals surface area contributed by atoms with E-state index in [4.69, 9.17) is 0 Å². The second-order valence-corrected chi connectivity index (χ2v) is 4.68. The molecule has 5 heteroatoms. The maximum absolute atomic E-state index is 11.7. The van der Waals surface area contributed by atoms with Gasteiger partial charge in [-0.15, -0.1) is 12.4 Å². The molecule has 0 aromatic heterocycles. The molecule has 1 aliphatic heterocycles. The fraction of sp³-hybridized carbons (Fsp3) is 0.800. The molecule has 15 heavy (non-hydrogen) atoms. The van der Waals surface area contributed by atoms with E-state index >= 15 is 0 Å². The Morgan fingerprint density at radius 1 is 1.47 bits per heavy atom. The van der Waals surface area contributed by atoms with E-state index in [9.17, 15) is 4.79 Å². The average molecular weight is 234 g/mol. The molecule has 1 rings (SSSR count). The predicted molar refractivity (Wildman–Crippen MR) is 64.4 cm³/mol. The molecule has 0 saturated heterocycles. The highest BCUT2D eigenvalue weighted by Crippen LogP contribution is 2.12. The zero-order valence-electron chi connectivity index (χ0n) is 9.83. The van der Waals surface area contributed by atoms with E-state index in [0.717, 1.165) is 19.5 Å². The van der Waals surface area contributed by atoms with Gasteiger partial charge in [-0.2, -0.15) is 0 Å². The quantitative estimate of drug-likeness (QED) is 0.685. The van der Waals surface area contributed by atoms with Crippen LogP contribution >= 0.6 is 12.4 Å². The van der Waals surface area contributed by atoms with Crippen LogP contribution in [0.3, 0.4) is 0 Å². The van der Waals surface area contributed by atoms with Crippen molar-refractivity contribution in [1.29, 1.82) is 0 Å². The first kappa shape index (κ1) is 14.2. The van der Waals surface area contributed by atoms with Crippen molar-refractivity contribution >= 4 is 24.3 Å². The van der Waals surface area contributed by atoms with E-state index in [2.05, 4.69) is 10.3 Å². The molecule has 1 amide bonds. The zero-order chi connectivity index (χ0) is 10.8. The Morgan fingerprint density at radius 3 is 2.53 bits per heavy atom. The second-order valence-electron chi connectivity index (χ2n) is 4.68. The van der Waals surface area contributed by atoms with Crippen LogP contribution in [0.25, 0.3) is 0 Å². The molecule has 0 atom stereocenters. The number of halogens is 1. The zero-order valence-corrected chi connectivity index (χ0v) is 10.6. The van der Waals surface area contributed by atoms with Crippen molar-refractivity contribution in [3.8, 4) is 0 Å². The molecule has 1 heterocycles. The van der Waals surface area contributed by atoms with Crippen molar-refractivity contribution in [2.45, 2.75) is 27.2 Å². The summed E-state index contributed by atoms with van der Waals surface area (Å²) < 4.78 is 0. The smallest absolute Gasteiger partial charge is 0.232 e. The summed E-state index contributed by atoms with van der Waals surface area (Å²) in [6, 6.07) is 0. The van der Waals surface area contributed by atoms with Gasteiger partial charge in [0.2, 0.25) is 5.91 Å². The highest BCUT2D eigenvalue weighted by atomic mass is 35.5. The SMILES string of the molecule is CN1CCCN=C1NC(=O)C(C)(C)C.Cl. The third-order valence-electron chi connectivity index (χ3n) is 2.18. The summed E-state index contributed by atoms with van der Waals surface area (Å²) in [5, 5.41) is 2.85. The van der Waals surface area contributed by atoms with Crippen LogP contribution in [0.4, 0.5) is 0 Å². The summed E-state index contributed by atoms with van der Waals surface area (Å²) >= 11 is 0. The highest BCUT2D eigenvalue weighted by Gasteiger charge is 2.24. The van der Waals surface area contributed by atoms with Crippen molar-refractivity contribution in [1.82, 2.24) is 10.2 Å². The van der Waals surface area contributed by atoms with E-state index < -0.39 is 0 Å². The number of hydrogen-bond donors (Lipinski definition) is 1. The molecular weight excluding hydrogens is 214 g/mol. The Morgan fingerprint density at radius 2 is 2.07 bits per heavy atom. The Balaban J connectivity index is 0.00000196. The van der Waals surface area contributed by atoms with Crippen LogP contribution in [0, 0.1) is 5.41 Å². The molecule has 0 bridgehead atoms. The predicted octanol–water partition coefficient (Wildman–Crippen LogP) is 1.26. The molecule has 0 radical (unpaired) electrons. The van der Waals surface area contributed by atoms with Gasteiger partial charge >= 0.3 is 0 Å². The van der Waals surface area contributed by atoms with Crippen molar-refractivity contribution in [2.24, 2.45) is 10.4 Å². The summed E-state index contributed by atoms with van der Waals surface area (Å²) in [5.74, 6) is 0.723. The van der Waals surface area contributed by atoms with Gasteiger partial charge in [0.15, 0.2) is 5.96 Å². The minimum Gasteiger partial charge on any atom is -0.346 e. The maximum Gasteiger partial charge on any atom is 0.232 e. The fourth-order valence-electron chi connectivity index (χ4n) is 1.14. The van der Waals surface area contributed by atoms with Crippen LogP contribution in [0.1, 0.15) is 27.2 Å². The summed E-state index contributed by atoms with van der Waals surface area (Å²) in [5.41, 5.74) is -0.360. The van der Waals surface area contributed by atoms with E-state index in [1.54, 1.807) is 0 Å². The van der Waals surface area contributed by atoms with Crippen molar-refractivity contribution in [2.75, 3.05) is 20.1 Å². The molecule has 4 nitrogen and oxygen atoms in total. The number of rotatable bonds is 0. The lowest BCUT2D eigenvalue weighted by molar-refractivity contribution is -0.127. The van der Waals surface area contributed by atoms with Crippen LogP contribution in [0.2, 0.25) is 0 Å². The number of carbonyl (C=O) groups is 1. The Bertz CT molecular complexity index is 258. The van der Waals surface area contributed by atoms with Gasteiger partial charge < -0.3 is 4.90 Å². The Kier molecular flexibility index (Phi) is 5.08. The van der Waals surface area contributed by atoms with Gasteiger partial charge in [-0.3, -0.25) is 15.1 Å². The fourth-order valence-corrected chi connectivity index (χ4v) is 1.14. The van der Waals surface area contributed by atoms with Gasteiger partial charge in [-0.1, -0.05) is 20.8 Å². The third kappa shape index (κ3) is 4.08. The summed E-state index contributed by atoms with van der Waals surface area (Å²) in [7, 11) is 1.95. The van der Waals surface area contributed by atoms with Crippen LogP contribution < -0.4 is 5.32 Å². The minimum absolute atomic E-state index is 0. The first-order chi connectivity index (χ1) is 6.41. The van der Waals surface area contributed by atoms with Gasteiger partial charge in [0.25, 0.3) is 0 Å². The van der Waals surface area contributed by atoms with E-state index in [-0.39, 0.29) is 23.7 Å². The van der Waals surface area contributed by atoms with Crippen molar-refractivity contribution < 1.29 is 4.79 Å². The molecule has 88 valence electrons. The van der Waals surface area contributed by atoms with E-state index in [0.29, 0.717) is 5.96 Å². The van der Waals surface area contributed by atoms with Crippen LogP contribution in [-0.4, -0.2) is 36.9 Å². The Labute approximate surface area is 97.5 Å². The second kappa shape index (κ2) is 5.35. The van der Waals surface area contributed by atoms with Crippen LogP contribution in [-0.2, 0) is 4.79 Å². The van der Waals surface area contributed by atoms with E-state index in [1.165, 1.54) is 0 Å². The molecule has 0 spiro atoms. The normalized spacial score (nSPS) is 16.5. The van der Waals surface area contributed by atoms with Gasteiger partial charge in [0, 0.05) is 25.6 Å². The number of amides is 1. The number of carbonyl (C=O) groups excluding carboxylic acids is 1. The number of aliphatic imine (C=N–C) groups is 1. The summed E-state index contributed by atoms with van der Waals surface area (Å²) in [4.78, 5) is 17.9. The third-order valence-corrected chi connectivity index (χ3v) is 2.18. The topological polar surface area (TPSA) is 44.7 Å². The lowest BCUT2D eigenvalue weighted by Crippen LogP contribution is -2.48. The maximum atomic E-state index is 11.7. The van der Waals surface area contributed by atoms with Gasteiger partial charge in [-0.25, -0.2) is 0 Å². The lowest BCUT2D eigenvalue weighted by Gasteiger charge is -2.27. The molecule has 0 aromatic carbocycles. The van der Waals surface area contributed by atoms with Crippen LogP contribution in [0.15, 0.2) is 4.99 Å². The molecular formula is C10H20ClN3O. The van der Waals surface area contributed by atoms with Crippen LogP contribution in [0.5, 0.6) is 0 Å². The largest absolute Gasteiger partial charge is 0.346 e. The molecule has 0 saturated carbocycles. The molecule has 0 aromatic rings. The average Bonchev–Trinajstić information content (AvgIpc) is 2.07. The molecule has 0 fully saturated rings. The monoisotopic (exact) mass is 233 g/mol. The van der Waals surface area contributed by atoms with Gasteiger partial charge in [0.1, 0.15) is 0 Å². The molecule has 1 N–H and O–H groups in total. The number of nitrogens with zero attached hydrogens (tertiary/aromatic N) is 2.